The minimum atomic E-state index is 0.307. The van der Waals surface area contributed by atoms with Crippen molar-refractivity contribution in [2.45, 2.75) is 19.5 Å². The molecule has 0 bridgehead atoms. The molecule has 0 saturated carbocycles. The highest BCUT2D eigenvalue weighted by molar-refractivity contribution is 7.10. The van der Waals surface area contributed by atoms with Gasteiger partial charge >= 0.3 is 0 Å². The van der Waals surface area contributed by atoms with Gasteiger partial charge in [-0.05, 0) is 37.6 Å². The standard InChI is InChI=1S/C16H16ClN3OS/c1-11(14-7-4-8-22-14)20(2)10-15-18-16(19-21-15)12-5-3-6-13(17)9-12/h3-9,11H,10H2,1-2H3/t11-/m0/s1. The minimum Gasteiger partial charge on any atom is -0.338 e. The van der Waals surface area contributed by atoms with Crippen LogP contribution in [0.2, 0.25) is 5.02 Å². The Morgan fingerprint density at radius 1 is 1.32 bits per heavy atom. The summed E-state index contributed by atoms with van der Waals surface area (Å²) in [6.07, 6.45) is 0. The Hall–Kier alpha value is -1.69. The lowest BCUT2D eigenvalue weighted by molar-refractivity contribution is 0.219. The number of benzene rings is 1. The smallest absolute Gasteiger partial charge is 0.241 e. The van der Waals surface area contributed by atoms with Gasteiger partial charge in [0.1, 0.15) is 0 Å². The van der Waals surface area contributed by atoms with E-state index in [1.165, 1.54) is 4.88 Å². The summed E-state index contributed by atoms with van der Waals surface area (Å²) < 4.78 is 5.35. The summed E-state index contributed by atoms with van der Waals surface area (Å²) in [7, 11) is 2.05. The van der Waals surface area contributed by atoms with Crippen molar-refractivity contribution >= 4 is 22.9 Å². The predicted octanol–water partition coefficient (Wildman–Crippen LogP) is 4.64. The second kappa shape index (κ2) is 6.60. The molecule has 0 spiro atoms. The minimum absolute atomic E-state index is 0.307. The topological polar surface area (TPSA) is 42.2 Å². The van der Waals surface area contributed by atoms with E-state index < -0.39 is 0 Å². The summed E-state index contributed by atoms with van der Waals surface area (Å²) in [4.78, 5) is 7.95. The molecule has 0 aliphatic rings. The van der Waals surface area contributed by atoms with E-state index in [-0.39, 0.29) is 0 Å². The molecule has 0 fully saturated rings. The molecule has 0 unspecified atom stereocenters. The van der Waals surface area contributed by atoms with Crippen molar-refractivity contribution in [3.05, 3.63) is 57.6 Å². The van der Waals surface area contributed by atoms with Crippen LogP contribution in [0.5, 0.6) is 0 Å². The second-order valence-electron chi connectivity index (χ2n) is 5.13. The van der Waals surface area contributed by atoms with Crippen LogP contribution in [0, 0.1) is 0 Å². The Kier molecular flexibility index (Phi) is 4.57. The van der Waals surface area contributed by atoms with E-state index in [9.17, 15) is 0 Å². The number of hydrogen-bond donors (Lipinski definition) is 0. The van der Waals surface area contributed by atoms with Crippen LogP contribution in [0.4, 0.5) is 0 Å². The third kappa shape index (κ3) is 3.38. The van der Waals surface area contributed by atoms with Crippen molar-refractivity contribution in [2.24, 2.45) is 0 Å². The van der Waals surface area contributed by atoms with Crippen molar-refractivity contribution in [3.8, 4) is 11.4 Å². The van der Waals surface area contributed by atoms with Crippen LogP contribution in [-0.2, 0) is 6.54 Å². The monoisotopic (exact) mass is 333 g/mol. The molecule has 0 N–H and O–H groups in total. The van der Waals surface area contributed by atoms with Crippen LogP contribution in [-0.4, -0.2) is 22.1 Å². The molecule has 114 valence electrons. The summed E-state index contributed by atoms with van der Waals surface area (Å²) in [6.45, 7) is 2.77. The third-order valence-corrected chi connectivity index (χ3v) is 4.83. The number of hydrogen-bond acceptors (Lipinski definition) is 5. The molecule has 0 aliphatic heterocycles. The van der Waals surface area contributed by atoms with E-state index in [2.05, 4.69) is 39.5 Å². The molecule has 0 radical (unpaired) electrons. The lowest BCUT2D eigenvalue weighted by atomic mass is 10.2. The van der Waals surface area contributed by atoms with Crippen LogP contribution in [0.15, 0.2) is 46.3 Å². The van der Waals surface area contributed by atoms with Crippen LogP contribution < -0.4 is 0 Å². The van der Waals surface area contributed by atoms with E-state index in [1.54, 1.807) is 11.3 Å². The maximum absolute atomic E-state index is 5.99. The Balaban J connectivity index is 1.71. The fraction of sp³-hybridized carbons (Fsp3) is 0.250. The Bertz CT molecular complexity index is 741. The molecular formula is C16H16ClN3OS. The van der Waals surface area contributed by atoms with Crippen molar-refractivity contribution in [1.82, 2.24) is 15.0 Å². The first-order valence-corrected chi connectivity index (χ1v) is 8.21. The zero-order valence-corrected chi connectivity index (χ0v) is 13.9. The fourth-order valence-electron chi connectivity index (χ4n) is 2.16. The molecule has 1 aromatic carbocycles. The van der Waals surface area contributed by atoms with Gasteiger partial charge in [0.2, 0.25) is 11.7 Å². The molecule has 6 heteroatoms. The Morgan fingerprint density at radius 3 is 2.91 bits per heavy atom. The number of rotatable bonds is 5. The van der Waals surface area contributed by atoms with Gasteiger partial charge in [-0.15, -0.1) is 11.3 Å². The van der Waals surface area contributed by atoms with Crippen LogP contribution >= 0.6 is 22.9 Å². The molecule has 2 heterocycles. The molecule has 2 aromatic heterocycles. The van der Waals surface area contributed by atoms with Gasteiger partial charge in [-0.3, -0.25) is 4.90 Å². The van der Waals surface area contributed by atoms with E-state index in [4.69, 9.17) is 16.1 Å². The quantitative estimate of drug-likeness (QED) is 0.682. The average molecular weight is 334 g/mol. The maximum atomic E-state index is 5.99. The highest BCUT2D eigenvalue weighted by Gasteiger charge is 2.16. The summed E-state index contributed by atoms with van der Waals surface area (Å²) >= 11 is 7.74. The lowest BCUT2D eigenvalue weighted by Crippen LogP contribution is -2.21. The highest BCUT2D eigenvalue weighted by Crippen LogP contribution is 2.25. The van der Waals surface area contributed by atoms with Gasteiger partial charge in [0.25, 0.3) is 0 Å². The first kappa shape index (κ1) is 15.2. The average Bonchev–Trinajstić information content (AvgIpc) is 3.18. The van der Waals surface area contributed by atoms with Crippen molar-refractivity contribution < 1.29 is 4.52 Å². The van der Waals surface area contributed by atoms with Gasteiger partial charge in [0.05, 0.1) is 6.54 Å². The summed E-state index contributed by atoms with van der Waals surface area (Å²) in [5.41, 5.74) is 0.858. The normalized spacial score (nSPS) is 12.7. The van der Waals surface area contributed by atoms with E-state index in [0.29, 0.717) is 29.3 Å². The first-order chi connectivity index (χ1) is 10.6. The van der Waals surface area contributed by atoms with Gasteiger partial charge in [-0.1, -0.05) is 35.0 Å². The van der Waals surface area contributed by atoms with Crippen molar-refractivity contribution in [2.75, 3.05) is 7.05 Å². The number of aromatic nitrogens is 2. The number of thiophene rings is 1. The summed E-state index contributed by atoms with van der Waals surface area (Å²) in [6, 6.07) is 11.9. The SMILES string of the molecule is C[C@@H](c1cccs1)N(C)Cc1nc(-c2cccc(Cl)c2)no1. The van der Waals surface area contributed by atoms with Gasteiger partial charge in [0, 0.05) is 21.5 Å². The number of nitrogens with zero attached hydrogens (tertiary/aromatic N) is 3. The first-order valence-electron chi connectivity index (χ1n) is 6.95. The van der Waals surface area contributed by atoms with Crippen LogP contribution in [0.3, 0.4) is 0 Å². The third-order valence-electron chi connectivity index (χ3n) is 3.55. The zero-order chi connectivity index (χ0) is 15.5. The Labute approximate surface area is 138 Å². The van der Waals surface area contributed by atoms with Gasteiger partial charge < -0.3 is 4.52 Å². The van der Waals surface area contributed by atoms with E-state index in [0.717, 1.165) is 5.56 Å². The van der Waals surface area contributed by atoms with Gasteiger partial charge in [-0.2, -0.15) is 4.98 Å². The molecule has 3 aromatic rings. The van der Waals surface area contributed by atoms with Gasteiger partial charge in [-0.25, -0.2) is 0 Å². The molecule has 3 rings (SSSR count). The van der Waals surface area contributed by atoms with Crippen molar-refractivity contribution in [3.63, 3.8) is 0 Å². The van der Waals surface area contributed by atoms with E-state index in [1.807, 2.05) is 31.3 Å². The lowest BCUT2D eigenvalue weighted by Gasteiger charge is -2.21. The Morgan fingerprint density at radius 2 is 2.18 bits per heavy atom. The number of halogens is 1. The summed E-state index contributed by atoms with van der Waals surface area (Å²) in [5.74, 6) is 1.16. The van der Waals surface area contributed by atoms with Crippen LogP contribution in [0.25, 0.3) is 11.4 Å². The molecule has 4 nitrogen and oxygen atoms in total. The molecule has 0 saturated heterocycles. The second-order valence-corrected chi connectivity index (χ2v) is 6.54. The molecule has 22 heavy (non-hydrogen) atoms. The predicted molar refractivity (Wildman–Crippen MR) is 88.9 cm³/mol. The highest BCUT2D eigenvalue weighted by atomic mass is 35.5. The van der Waals surface area contributed by atoms with E-state index >= 15 is 0 Å². The van der Waals surface area contributed by atoms with Gasteiger partial charge in [0.15, 0.2) is 0 Å². The molecule has 0 amide bonds. The summed E-state index contributed by atoms with van der Waals surface area (Å²) in [5, 5.41) is 6.78. The van der Waals surface area contributed by atoms with Crippen molar-refractivity contribution in [1.29, 1.82) is 0 Å². The molecule has 1 atom stereocenters. The van der Waals surface area contributed by atoms with Crippen LogP contribution in [0.1, 0.15) is 23.7 Å². The molecule has 0 aliphatic carbocycles. The zero-order valence-electron chi connectivity index (χ0n) is 12.4. The largest absolute Gasteiger partial charge is 0.338 e. The maximum Gasteiger partial charge on any atom is 0.241 e. The fourth-order valence-corrected chi connectivity index (χ4v) is 3.20. The molecular weight excluding hydrogens is 318 g/mol.